The second-order valence-corrected chi connectivity index (χ2v) is 6.55. The molecule has 0 radical (unpaired) electrons. The molecule has 0 saturated carbocycles. The molecule has 9 heteroatoms. The van der Waals surface area contributed by atoms with Crippen LogP contribution in [0, 0.1) is 5.82 Å². The molecule has 26 heavy (non-hydrogen) atoms. The van der Waals surface area contributed by atoms with Gasteiger partial charge >= 0.3 is 12.0 Å². The fourth-order valence-corrected chi connectivity index (χ4v) is 3.42. The highest BCUT2D eigenvalue weighted by Crippen LogP contribution is 2.23. The number of carbonyl (C=O) groups excluding carboxylic acids is 2. The van der Waals surface area contributed by atoms with Crippen LogP contribution in [0.25, 0.3) is 0 Å². The summed E-state index contributed by atoms with van der Waals surface area (Å²) in [5, 5.41) is 5.96. The molecule has 0 bridgehead atoms. The Hall–Kier alpha value is -3.10. The molecule has 3 heterocycles. The number of hydrogen-bond donors (Lipinski definition) is 0. The van der Waals surface area contributed by atoms with Crippen molar-refractivity contribution in [1.29, 1.82) is 0 Å². The van der Waals surface area contributed by atoms with Gasteiger partial charge in [0, 0.05) is 7.05 Å². The Balaban J connectivity index is 1.68. The molecule has 3 aliphatic rings. The predicted octanol–water partition coefficient (Wildman–Crippen LogP) is 0.690. The second-order valence-electron chi connectivity index (χ2n) is 6.55. The van der Waals surface area contributed by atoms with E-state index in [0.717, 1.165) is 5.71 Å². The zero-order chi connectivity index (χ0) is 18.6. The number of carbonyl (C=O) groups is 2. The van der Waals surface area contributed by atoms with Crippen LogP contribution in [0.4, 0.5) is 9.18 Å². The Bertz CT molecular complexity index is 904. The number of halogens is 1. The number of nitrogens with zero attached hydrogens (tertiary/aromatic N) is 6. The first-order chi connectivity index (χ1) is 12.4. The number of likely N-dealkylation sites (N-methyl/N-ethyl adjacent to an activating group) is 1. The summed E-state index contributed by atoms with van der Waals surface area (Å²) in [4.78, 5) is 32.9. The number of urea groups is 1. The Morgan fingerprint density at radius 1 is 1.23 bits per heavy atom. The molecule has 1 fully saturated rings. The summed E-state index contributed by atoms with van der Waals surface area (Å²) in [7, 11) is 3.36. The maximum Gasteiger partial charge on any atom is 0.416 e. The van der Waals surface area contributed by atoms with E-state index < -0.39 is 12.1 Å². The topological polar surface area (TPSA) is 71.6 Å². The van der Waals surface area contributed by atoms with Crippen molar-refractivity contribution in [2.45, 2.75) is 19.5 Å². The summed E-state index contributed by atoms with van der Waals surface area (Å²) >= 11 is 0. The molecule has 1 aromatic rings. The van der Waals surface area contributed by atoms with E-state index in [2.05, 4.69) is 10.1 Å². The van der Waals surface area contributed by atoms with Gasteiger partial charge in [-0.25, -0.2) is 13.8 Å². The molecule has 0 spiro atoms. The first kappa shape index (κ1) is 16.4. The monoisotopic (exact) mass is 357 g/mol. The SMILES string of the molecule is CC1=NN(C)C2=[N+](C1)C1C(=O)N(Cc3ccc(F)cc3)C(=O)N(C)C1=N2. The van der Waals surface area contributed by atoms with E-state index in [0.29, 0.717) is 23.9 Å². The average molecular weight is 357 g/mol. The molecule has 0 N–H and O–H groups in total. The van der Waals surface area contributed by atoms with Crippen molar-refractivity contribution in [2.75, 3.05) is 20.6 Å². The number of aliphatic imine (C=N–C) groups is 1. The van der Waals surface area contributed by atoms with Gasteiger partial charge in [0.1, 0.15) is 12.4 Å². The van der Waals surface area contributed by atoms with E-state index in [-0.39, 0.29) is 18.3 Å². The van der Waals surface area contributed by atoms with Crippen molar-refractivity contribution in [1.82, 2.24) is 14.8 Å². The van der Waals surface area contributed by atoms with Gasteiger partial charge in [-0.2, -0.15) is 0 Å². The molecule has 1 aromatic carbocycles. The number of hydrazone groups is 1. The minimum Gasteiger partial charge on any atom is -0.270 e. The third-order valence-electron chi connectivity index (χ3n) is 4.65. The van der Waals surface area contributed by atoms with Crippen molar-refractivity contribution in [2.24, 2.45) is 10.1 Å². The molecule has 0 aliphatic carbocycles. The van der Waals surface area contributed by atoms with Crippen LogP contribution in [-0.2, 0) is 11.3 Å². The maximum absolute atomic E-state index is 13.1. The largest absolute Gasteiger partial charge is 0.416 e. The predicted molar refractivity (Wildman–Crippen MR) is 92.3 cm³/mol. The Kier molecular flexibility index (Phi) is 3.60. The number of guanidine groups is 1. The summed E-state index contributed by atoms with van der Waals surface area (Å²) in [5.41, 5.74) is 1.53. The van der Waals surface area contributed by atoms with Gasteiger partial charge in [0.2, 0.25) is 11.9 Å². The highest BCUT2D eigenvalue weighted by atomic mass is 19.1. The molecule has 3 aliphatic heterocycles. The van der Waals surface area contributed by atoms with E-state index in [1.54, 1.807) is 31.2 Å². The minimum absolute atomic E-state index is 0.0815. The Labute approximate surface area is 149 Å². The van der Waals surface area contributed by atoms with Crippen LogP contribution in [0.3, 0.4) is 0 Å². The third-order valence-corrected chi connectivity index (χ3v) is 4.65. The number of amidine groups is 1. The lowest BCUT2D eigenvalue weighted by atomic mass is 10.1. The summed E-state index contributed by atoms with van der Waals surface area (Å²) in [6.45, 7) is 2.43. The van der Waals surface area contributed by atoms with Crippen molar-refractivity contribution in [3.63, 3.8) is 0 Å². The van der Waals surface area contributed by atoms with Crippen molar-refractivity contribution >= 4 is 29.4 Å². The first-order valence-corrected chi connectivity index (χ1v) is 8.20. The van der Waals surface area contributed by atoms with E-state index in [1.807, 2.05) is 11.5 Å². The third kappa shape index (κ3) is 2.39. The Morgan fingerprint density at radius 3 is 2.62 bits per heavy atom. The zero-order valence-corrected chi connectivity index (χ0v) is 14.7. The van der Waals surface area contributed by atoms with Crippen LogP contribution in [0.5, 0.6) is 0 Å². The summed E-state index contributed by atoms with van der Waals surface area (Å²) < 4.78 is 15.0. The summed E-state index contributed by atoms with van der Waals surface area (Å²) in [5.74, 6) is 0.251. The van der Waals surface area contributed by atoms with Crippen molar-refractivity contribution in [3.8, 4) is 0 Å². The van der Waals surface area contributed by atoms with E-state index in [1.165, 1.54) is 21.9 Å². The van der Waals surface area contributed by atoms with Gasteiger partial charge < -0.3 is 0 Å². The smallest absolute Gasteiger partial charge is 0.270 e. The van der Waals surface area contributed by atoms with Crippen molar-refractivity contribution < 1.29 is 18.6 Å². The highest BCUT2D eigenvalue weighted by Gasteiger charge is 2.54. The molecule has 8 nitrogen and oxygen atoms in total. The van der Waals surface area contributed by atoms with Crippen LogP contribution in [-0.4, -0.2) is 75.5 Å². The number of rotatable bonds is 2. The number of imide groups is 1. The summed E-state index contributed by atoms with van der Waals surface area (Å²) in [6, 6.07) is 4.64. The quantitative estimate of drug-likeness (QED) is 0.731. The lowest BCUT2D eigenvalue weighted by molar-refractivity contribution is -0.527. The second kappa shape index (κ2) is 5.72. The molecule has 1 atom stereocenters. The summed E-state index contributed by atoms with van der Waals surface area (Å²) in [6.07, 6.45) is 0. The molecule has 4 rings (SSSR count). The maximum atomic E-state index is 13.1. The van der Waals surface area contributed by atoms with Gasteiger partial charge in [0.15, 0.2) is 0 Å². The lowest BCUT2D eigenvalue weighted by Crippen LogP contribution is -2.63. The van der Waals surface area contributed by atoms with E-state index in [9.17, 15) is 14.0 Å². The van der Waals surface area contributed by atoms with Crippen LogP contribution in [0.15, 0.2) is 34.4 Å². The van der Waals surface area contributed by atoms with Crippen LogP contribution >= 0.6 is 0 Å². The molecular formula is C17H18FN6O2+. The molecular weight excluding hydrogens is 339 g/mol. The van der Waals surface area contributed by atoms with E-state index in [4.69, 9.17) is 0 Å². The van der Waals surface area contributed by atoms with Crippen LogP contribution in [0.2, 0.25) is 0 Å². The van der Waals surface area contributed by atoms with Crippen LogP contribution < -0.4 is 0 Å². The molecule has 134 valence electrons. The molecule has 0 aromatic heterocycles. The molecule has 3 amide bonds. The zero-order valence-electron chi connectivity index (χ0n) is 14.7. The fraction of sp³-hybridized carbons (Fsp3) is 0.353. The van der Waals surface area contributed by atoms with E-state index >= 15 is 0 Å². The number of benzene rings is 1. The van der Waals surface area contributed by atoms with Crippen LogP contribution in [0.1, 0.15) is 12.5 Å². The van der Waals surface area contributed by atoms with Gasteiger partial charge in [-0.1, -0.05) is 17.1 Å². The number of fused-ring (bicyclic) bond motifs is 2. The first-order valence-electron chi connectivity index (χ1n) is 8.20. The Morgan fingerprint density at radius 2 is 1.92 bits per heavy atom. The number of hydrogen-bond acceptors (Lipinski definition) is 5. The standard InChI is InChI=1S/C17H18FN6O2/c1-10-8-23-13-14(19-16(23)22(3)20-10)21(2)17(26)24(15(13)25)9-11-4-6-12(18)7-5-11/h4-7,13H,8-9H2,1-3H3/q+1. The minimum atomic E-state index is -0.666. The normalized spacial score (nSPS) is 22.5. The van der Waals surface area contributed by atoms with Crippen molar-refractivity contribution in [3.05, 3.63) is 35.6 Å². The highest BCUT2D eigenvalue weighted by molar-refractivity contribution is 6.23. The van der Waals surface area contributed by atoms with Gasteiger partial charge in [-0.05, 0) is 24.6 Å². The number of amides is 3. The van der Waals surface area contributed by atoms with Gasteiger partial charge in [0.05, 0.1) is 19.3 Å². The van der Waals surface area contributed by atoms with Gasteiger partial charge in [0.25, 0.3) is 5.91 Å². The molecule has 1 saturated heterocycles. The average Bonchev–Trinajstić information content (AvgIpc) is 2.98. The lowest BCUT2D eigenvalue weighted by Gasteiger charge is -2.34. The fourth-order valence-electron chi connectivity index (χ4n) is 3.42. The van der Waals surface area contributed by atoms with Gasteiger partial charge in [-0.3, -0.25) is 14.6 Å². The molecule has 1 unspecified atom stereocenters. The van der Waals surface area contributed by atoms with Gasteiger partial charge in [-0.15, -0.1) is 10.1 Å².